The van der Waals surface area contributed by atoms with Gasteiger partial charge < -0.3 is 14.0 Å². The number of rotatable bonds is 3. The van der Waals surface area contributed by atoms with Gasteiger partial charge in [-0.1, -0.05) is 6.07 Å². The molecule has 1 aliphatic rings. The fourth-order valence-electron chi connectivity index (χ4n) is 2.16. The molecular weight excluding hydrogens is 253 g/mol. The van der Waals surface area contributed by atoms with E-state index in [-0.39, 0.29) is 11.2 Å². The molecule has 0 N–H and O–H groups in total. The van der Waals surface area contributed by atoms with E-state index in [1.165, 1.54) is 0 Å². The Morgan fingerprint density at radius 2 is 1.80 bits per heavy atom. The summed E-state index contributed by atoms with van der Waals surface area (Å²) in [4.78, 5) is 0. The van der Waals surface area contributed by atoms with Gasteiger partial charge in [0.25, 0.3) is 0 Å². The summed E-state index contributed by atoms with van der Waals surface area (Å²) < 4.78 is 17.3. The van der Waals surface area contributed by atoms with Crippen LogP contribution in [0.1, 0.15) is 38.8 Å². The quantitative estimate of drug-likeness (QED) is 0.790. The molecule has 4 nitrogen and oxygen atoms in total. The van der Waals surface area contributed by atoms with Crippen molar-refractivity contribution in [3.8, 4) is 6.07 Å². The number of nitrogens with zero attached hydrogens (tertiary/aromatic N) is 1. The fourth-order valence-corrected chi connectivity index (χ4v) is 2.16. The van der Waals surface area contributed by atoms with Crippen molar-refractivity contribution in [2.45, 2.75) is 45.5 Å². The van der Waals surface area contributed by atoms with Gasteiger partial charge in [-0.2, -0.15) is 5.26 Å². The second-order valence-electron chi connectivity index (χ2n) is 6.05. The Balaban J connectivity index is 2.37. The molecule has 1 aliphatic heterocycles. The summed E-state index contributed by atoms with van der Waals surface area (Å²) in [5.74, 6) is 0. The van der Waals surface area contributed by atoms with Crippen LogP contribution in [-0.2, 0) is 20.7 Å². The zero-order valence-corrected chi connectivity index (χ0v) is 12.7. The van der Waals surface area contributed by atoms with Gasteiger partial charge in [0.2, 0.25) is 0 Å². The molecular formula is C15H20BNO3. The highest BCUT2D eigenvalue weighted by Gasteiger charge is 2.52. The van der Waals surface area contributed by atoms with Gasteiger partial charge in [-0.25, -0.2) is 0 Å². The van der Waals surface area contributed by atoms with Crippen molar-refractivity contribution in [2.75, 3.05) is 7.11 Å². The zero-order chi connectivity index (χ0) is 15.0. The third kappa shape index (κ3) is 2.60. The van der Waals surface area contributed by atoms with Crippen LogP contribution >= 0.6 is 0 Å². The molecule has 1 aromatic rings. The SMILES string of the molecule is COCc1cc(C#N)ccc1B1OC(C)(C)C(C)(C)O1. The lowest BCUT2D eigenvalue weighted by atomic mass is 9.75. The standard InChI is InChI=1S/C15H20BNO3/c1-14(2)15(3,4)20-16(19-14)13-7-6-11(9-17)8-12(13)10-18-5/h6-8H,10H2,1-5H3. The lowest BCUT2D eigenvalue weighted by molar-refractivity contribution is 0.00578. The number of hydrogen-bond acceptors (Lipinski definition) is 4. The molecule has 106 valence electrons. The molecule has 0 bridgehead atoms. The molecule has 0 spiro atoms. The lowest BCUT2D eigenvalue weighted by Gasteiger charge is -2.32. The van der Waals surface area contributed by atoms with E-state index in [1.54, 1.807) is 13.2 Å². The summed E-state index contributed by atoms with van der Waals surface area (Å²) in [6.07, 6.45) is 0. The van der Waals surface area contributed by atoms with Crippen molar-refractivity contribution < 1.29 is 14.0 Å². The average Bonchev–Trinajstić information content (AvgIpc) is 2.58. The van der Waals surface area contributed by atoms with E-state index >= 15 is 0 Å². The van der Waals surface area contributed by atoms with E-state index in [0.717, 1.165) is 11.0 Å². The molecule has 1 saturated heterocycles. The van der Waals surface area contributed by atoms with Crippen molar-refractivity contribution >= 4 is 12.6 Å². The van der Waals surface area contributed by atoms with Crippen LogP contribution < -0.4 is 5.46 Å². The van der Waals surface area contributed by atoms with Gasteiger partial charge in [0.1, 0.15) is 0 Å². The fraction of sp³-hybridized carbons (Fsp3) is 0.533. The van der Waals surface area contributed by atoms with E-state index in [4.69, 9.17) is 19.3 Å². The highest BCUT2D eigenvalue weighted by molar-refractivity contribution is 6.62. The predicted molar refractivity (Wildman–Crippen MR) is 77.6 cm³/mol. The Morgan fingerprint density at radius 1 is 1.20 bits per heavy atom. The molecule has 0 radical (unpaired) electrons. The van der Waals surface area contributed by atoms with Gasteiger partial charge in [0.15, 0.2) is 0 Å². The Labute approximate surface area is 120 Å². The number of methoxy groups -OCH3 is 1. The smallest absolute Gasteiger partial charge is 0.399 e. The minimum Gasteiger partial charge on any atom is -0.399 e. The molecule has 20 heavy (non-hydrogen) atoms. The van der Waals surface area contributed by atoms with Gasteiger partial charge in [-0.15, -0.1) is 0 Å². The molecule has 1 fully saturated rings. The summed E-state index contributed by atoms with van der Waals surface area (Å²) >= 11 is 0. The number of benzene rings is 1. The van der Waals surface area contributed by atoms with Crippen molar-refractivity contribution in [3.05, 3.63) is 29.3 Å². The van der Waals surface area contributed by atoms with E-state index in [2.05, 4.69) is 6.07 Å². The van der Waals surface area contributed by atoms with E-state index < -0.39 is 7.12 Å². The second-order valence-corrected chi connectivity index (χ2v) is 6.05. The number of nitriles is 1. The van der Waals surface area contributed by atoms with Gasteiger partial charge in [-0.05, 0) is 50.9 Å². The van der Waals surface area contributed by atoms with Gasteiger partial charge in [0.05, 0.1) is 29.4 Å². The van der Waals surface area contributed by atoms with E-state index in [0.29, 0.717) is 12.2 Å². The van der Waals surface area contributed by atoms with Crippen LogP contribution in [0.15, 0.2) is 18.2 Å². The van der Waals surface area contributed by atoms with Crippen LogP contribution in [0.4, 0.5) is 0 Å². The lowest BCUT2D eigenvalue weighted by Crippen LogP contribution is -2.41. The first-order chi connectivity index (χ1) is 9.30. The first-order valence-corrected chi connectivity index (χ1v) is 6.68. The van der Waals surface area contributed by atoms with Crippen molar-refractivity contribution in [1.82, 2.24) is 0 Å². The highest BCUT2D eigenvalue weighted by Crippen LogP contribution is 2.36. The molecule has 0 aliphatic carbocycles. The minimum absolute atomic E-state index is 0.379. The van der Waals surface area contributed by atoms with Gasteiger partial charge in [-0.3, -0.25) is 0 Å². The molecule has 5 heteroatoms. The molecule has 0 aromatic heterocycles. The van der Waals surface area contributed by atoms with Crippen LogP contribution in [0.3, 0.4) is 0 Å². The molecule has 0 saturated carbocycles. The third-order valence-corrected chi connectivity index (χ3v) is 4.08. The Kier molecular flexibility index (Phi) is 3.92. The maximum Gasteiger partial charge on any atom is 0.495 e. The monoisotopic (exact) mass is 273 g/mol. The molecule has 2 rings (SSSR count). The first-order valence-electron chi connectivity index (χ1n) is 6.68. The highest BCUT2D eigenvalue weighted by atomic mass is 16.7. The largest absolute Gasteiger partial charge is 0.495 e. The second kappa shape index (κ2) is 5.21. The third-order valence-electron chi connectivity index (χ3n) is 4.08. The van der Waals surface area contributed by atoms with Crippen LogP contribution in [0, 0.1) is 11.3 Å². The maximum atomic E-state index is 9.00. The van der Waals surface area contributed by atoms with Crippen LogP contribution in [-0.4, -0.2) is 25.4 Å². The normalized spacial score (nSPS) is 19.9. The van der Waals surface area contributed by atoms with Crippen LogP contribution in [0.25, 0.3) is 0 Å². The maximum absolute atomic E-state index is 9.00. The summed E-state index contributed by atoms with van der Waals surface area (Å²) in [6, 6.07) is 7.62. The van der Waals surface area contributed by atoms with Crippen molar-refractivity contribution in [1.29, 1.82) is 5.26 Å². The van der Waals surface area contributed by atoms with Crippen molar-refractivity contribution in [3.63, 3.8) is 0 Å². The zero-order valence-electron chi connectivity index (χ0n) is 12.7. The minimum atomic E-state index is -0.433. The average molecular weight is 273 g/mol. The topological polar surface area (TPSA) is 51.5 Å². The molecule has 0 amide bonds. The molecule has 1 aromatic carbocycles. The Hall–Kier alpha value is -1.35. The summed E-state index contributed by atoms with van der Waals surface area (Å²) in [6.45, 7) is 8.51. The number of hydrogen-bond donors (Lipinski definition) is 0. The van der Waals surface area contributed by atoms with Gasteiger partial charge in [0, 0.05) is 7.11 Å². The summed E-state index contributed by atoms with van der Waals surface area (Å²) in [7, 11) is 1.20. The predicted octanol–water partition coefficient (Wildman–Crippen LogP) is 2.00. The van der Waals surface area contributed by atoms with E-state index in [9.17, 15) is 0 Å². The molecule has 1 heterocycles. The Bertz CT molecular complexity index is 533. The van der Waals surface area contributed by atoms with E-state index in [1.807, 2.05) is 39.8 Å². The number of ether oxygens (including phenoxy) is 1. The van der Waals surface area contributed by atoms with Crippen LogP contribution in [0.5, 0.6) is 0 Å². The molecule has 0 unspecified atom stereocenters. The van der Waals surface area contributed by atoms with Crippen LogP contribution in [0.2, 0.25) is 0 Å². The summed E-state index contributed by atoms with van der Waals surface area (Å²) in [5.41, 5.74) is 1.69. The molecule has 0 atom stereocenters. The van der Waals surface area contributed by atoms with Gasteiger partial charge >= 0.3 is 7.12 Å². The Morgan fingerprint density at radius 3 is 2.30 bits per heavy atom. The van der Waals surface area contributed by atoms with Crippen molar-refractivity contribution in [2.24, 2.45) is 0 Å². The first kappa shape index (κ1) is 15.1. The summed E-state index contributed by atoms with van der Waals surface area (Å²) in [5, 5.41) is 9.00.